The largest absolute Gasteiger partial charge is 0.306 e. The molecule has 1 unspecified atom stereocenters. The van der Waals surface area contributed by atoms with Crippen LogP contribution in [0.15, 0.2) is 24.3 Å². The monoisotopic (exact) mass is 281 g/mol. The van der Waals surface area contributed by atoms with Gasteiger partial charge in [0.2, 0.25) is 0 Å². The predicted octanol–water partition coefficient (Wildman–Crippen LogP) is 4.49. The van der Waals surface area contributed by atoms with E-state index in [-0.39, 0.29) is 6.04 Å². The van der Waals surface area contributed by atoms with Gasteiger partial charge in [0.25, 0.3) is 0 Å². The normalized spacial score (nSPS) is 12.7. The number of aryl methyl sites for hydroxylation is 2. The number of hydrogen-bond donors (Lipinski definition) is 1. The summed E-state index contributed by atoms with van der Waals surface area (Å²) in [6, 6.07) is 5.92. The number of thiophene rings is 1. The van der Waals surface area contributed by atoms with E-state index in [0.717, 1.165) is 6.07 Å². The van der Waals surface area contributed by atoms with Crippen molar-refractivity contribution in [3.8, 4) is 0 Å². The summed E-state index contributed by atoms with van der Waals surface area (Å²) in [5, 5.41) is 3.30. The van der Waals surface area contributed by atoms with E-state index in [1.54, 1.807) is 11.3 Å². The Morgan fingerprint density at radius 3 is 2.26 bits per heavy atom. The SMILES string of the molecule is Cc1cc(C(C)NCc2cc(F)cc(F)c2)c(C)s1. The molecule has 0 radical (unpaired) electrons. The fourth-order valence-corrected chi connectivity index (χ4v) is 3.20. The molecule has 0 spiro atoms. The van der Waals surface area contributed by atoms with E-state index in [0.29, 0.717) is 12.1 Å². The van der Waals surface area contributed by atoms with E-state index in [4.69, 9.17) is 0 Å². The molecular weight excluding hydrogens is 264 g/mol. The zero-order chi connectivity index (χ0) is 14.0. The molecule has 0 bridgehead atoms. The summed E-state index contributed by atoms with van der Waals surface area (Å²) in [4.78, 5) is 2.56. The molecule has 0 saturated heterocycles. The summed E-state index contributed by atoms with van der Waals surface area (Å²) >= 11 is 1.76. The van der Waals surface area contributed by atoms with Gasteiger partial charge in [-0.05, 0) is 50.1 Å². The highest BCUT2D eigenvalue weighted by Gasteiger charge is 2.11. The van der Waals surface area contributed by atoms with Gasteiger partial charge in [0.05, 0.1) is 0 Å². The molecule has 2 aromatic rings. The second-order valence-corrected chi connectivity index (χ2v) is 6.21. The second kappa shape index (κ2) is 5.80. The first-order valence-corrected chi connectivity index (χ1v) is 7.02. The first kappa shape index (κ1) is 14.2. The standard InChI is InChI=1S/C15H17F2NS/c1-9-4-15(11(3)19-9)10(2)18-8-12-5-13(16)7-14(17)6-12/h4-7,10,18H,8H2,1-3H3. The van der Waals surface area contributed by atoms with Gasteiger partial charge in [-0.2, -0.15) is 0 Å². The van der Waals surface area contributed by atoms with E-state index in [9.17, 15) is 8.78 Å². The Balaban J connectivity index is 2.04. The Morgan fingerprint density at radius 1 is 1.11 bits per heavy atom. The van der Waals surface area contributed by atoms with E-state index >= 15 is 0 Å². The minimum atomic E-state index is -0.535. The Labute approximate surface area is 116 Å². The molecule has 1 aromatic carbocycles. The molecule has 1 N–H and O–H groups in total. The van der Waals surface area contributed by atoms with Crippen molar-refractivity contribution >= 4 is 11.3 Å². The molecule has 1 heterocycles. The first-order chi connectivity index (χ1) is 8.95. The molecular formula is C15H17F2NS. The highest BCUT2D eigenvalue weighted by atomic mass is 32.1. The van der Waals surface area contributed by atoms with E-state index in [1.165, 1.54) is 27.5 Å². The van der Waals surface area contributed by atoms with Crippen LogP contribution in [0, 0.1) is 25.5 Å². The maximum atomic E-state index is 13.1. The number of halogens is 2. The van der Waals surface area contributed by atoms with Crippen LogP contribution in [0.2, 0.25) is 0 Å². The lowest BCUT2D eigenvalue weighted by Crippen LogP contribution is -2.18. The lowest BCUT2D eigenvalue weighted by Gasteiger charge is -2.14. The highest BCUT2D eigenvalue weighted by Crippen LogP contribution is 2.26. The van der Waals surface area contributed by atoms with Crippen LogP contribution in [0.1, 0.15) is 33.8 Å². The number of rotatable bonds is 4. The highest BCUT2D eigenvalue weighted by molar-refractivity contribution is 7.12. The summed E-state index contributed by atoms with van der Waals surface area (Å²) in [6.07, 6.45) is 0. The third-order valence-corrected chi connectivity index (χ3v) is 4.06. The van der Waals surface area contributed by atoms with Gasteiger partial charge in [-0.1, -0.05) is 0 Å². The molecule has 0 aliphatic carbocycles. The molecule has 19 heavy (non-hydrogen) atoms. The van der Waals surface area contributed by atoms with Gasteiger partial charge in [-0.25, -0.2) is 8.78 Å². The molecule has 102 valence electrons. The van der Waals surface area contributed by atoms with Gasteiger partial charge < -0.3 is 5.32 Å². The van der Waals surface area contributed by atoms with E-state index in [2.05, 4.69) is 32.2 Å². The minimum absolute atomic E-state index is 0.163. The van der Waals surface area contributed by atoms with Crippen LogP contribution in [0.4, 0.5) is 8.78 Å². The van der Waals surface area contributed by atoms with E-state index < -0.39 is 11.6 Å². The Morgan fingerprint density at radius 2 is 1.74 bits per heavy atom. The lowest BCUT2D eigenvalue weighted by atomic mass is 10.1. The summed E-state index contributed by atoms with van der Waals surface area (Å²) in [7, 11) is 0. The molecule has 4 heteroatoms. The van der Waals surface area contributed by atoms with Gasteiger partial charge in [0.15, 0.2) is 0 Å². The van der Waals surface area contributed by atoms with Gasteiger partial charge in [-0.15, -0.1) is 11.3 Å². The van der Waals surface area contributed by atoms with Crippen LogP contribution in [-0.2, 0) is 6.54 Å². The van der Waals surface area contributed by atoms with Crippen molar-refractivity contribution in [3.63, 3.8) is 0 Å². The van der Waals surface area contributed by atoms with Crippen LogP contribution < -0.4 is 5.32 Å². The van der Waals surface area contributed by atoms with Crippen molar-refractivity contribution in [3.05, 3.63) is 56.8 Å². The molecule has 2 rings (SSSR count). The zero-order valence-corrected chi connectivity index (χ0v) is 12.1. The van der Waals surface area contributed by atoms with Crippen LogP contribution in [0.3, 0.4) is 0 Å². The van der Waals surface area contributed by atoms with Crippen LogP contribution in [-0.4, -0.2) is 0 Å². The van der Waals surface area contributed by atoms with Crippen molar-refractivity contribution in [2.45, 2.75) is 33.4 Å². The van der Waals surface area contributed by atoms with Crippen molar-refractivity contribution in [2.24, 2.45) is 0 Å². The third-order valence-electron chi connectivity index (χ3n) is 3.08. The Hall–Kier alpha value is -1.26. The van der Waals surface area contributed by atoms with Gasteiger partial charge in [-0.3, -0.25) is 0 Å². The molecule has 0 aliphatic rings. The van der Waals surface area contributed by atoms with Crippen molar-refractivity contribution in [1.29, 1.82) is 0 Å². The van der Waals surface area contributed by atoms with Gasteiger partial charge in [0.1, 0.15) is 11.6 Å². The average Bonchev–Trinajstić information content (AvgIpc) is 2.64. The molecule has 0 fully saturated rings. The lowest BCUT2D eigenvalue weighted by molar-refractivity contribution is 0.554. The van der Waals surface area contributed by atoms with Crippen LogP contribution in [0.25, 0.3) is 0 Å². The Kier molecular flexibility index (Phi) is 4.32. The summed E-state index contributed by atoms with van der Waals surface area (Å²) < 4.78 is 26.2. The first-order valence-electron chi connectivity index (χ1n) is 6.21. The maximum absolute atomic E-state index is 13.1. The molecule has 0 saturated carbocycles. The maximum Gasteiger partial charge on any atom is 0.126 e. The predicted molar refractivity (Wildman–Crippen MR) is 75.4 cm³/mol. The molecule has 0 amide bonds. The fraction of sp³-hybridized carbons (Fsp3) is 0.333. The van der Waals surface area contributed by atoms with Gasteiger partial charge >= 0.3 is 0 Å². The summed E-state index contributed by atoms with van der Waals surface area (Å²) in [5.74, 6) is -1.07. The number of nitrogens with one attached hydrogen (secondary N) is 1. The van der Waals surface area contributed by atoms with Crippen LogP contribution in [0.5, 0.6) is 0 Å². The smallest absolute Gasteiger partial charge is 0.126 e. The van der Waals surface area contributed by atoms with Crippen LogP contribution >= 0.6 is 11.3 Å². The Bertz CT molecular complexity index is 557. The molecule has 1 nitrogen and oxygen atoms in total. The second-order valence-electron chi connectivity index (χ2n) is 4.75. The third kappa shape index (κ3) is 3.61. The fourth-order valence-electron chi connectivity index (χ4n) is 2.17. The number of hydrogen-bond acceptors (Lipinski definition) is 2. The molecule has 1 aromatic heterocycles. The zero-order valence-electron chi connectivity index (χ0n) is 11.3. The van der Waals surface area contributed by atoms with E-state index in [1.807, 2.05) is 0 Å². The van der Waals surface area contributed by atoms with Crippen molar-refractivity contribution in [1.82, 2.24) is 5.32 Å². The minimum Gasteiger partial charge on any atom is -0.306 e. The summed E-state index contributed by atoms with van der Waals surface area (Å²) in [6.45, 7) is 6.68. The molecule has 1 atom stereocenters. The van der Waals surface area contributed by atoms with Gasteiger partial charge in [0, 0.05) is 28.4 Å². The number of benzene rings is 1. The quantitative estimate of drug-likeness (QED) is 0.870. The topological polar surface area (TPSA) is 12.0 Å². The van der Waals surface area contributed by atoms with Crippen molar-refractivity contribution in [2.75, 3.05) is 0 Å². The molecule has 0 aliphatic heterocycles. The average molecular weight is 281 g/mol. The van der Waals surface area contributed by atoms with Crippen molar-refractivity contribution < 1.29 is 8.78 Å². The summed E-state index contributed by atoms with van der Waals surface area (Å²) in [5.41, 5.74) is 1.87.